The number of rotatable bonds is 4. The standard InChI is InChI=1S/C11H12F2O4S/c1-11(2,10(14)15)18(16,17)6-7-8(12)4-3-5-9(7)13/h3-5H,6H2,1-2H3,(H,14,15). The van der Waals surface area contributed by atoms with E-state index >= 15 is 0 Å². The molecule has 1 rings (SSSR count). The van der Waals surface area contributed by atoms with Crippen LogP contribution in [0.25, 0.3) is 0 Å². The van der Waals surface area contributed by atoms with Crippen LogP contribution in [0.2, 0.25) is 0 Å². The van der Waals surface area contributed by atoms with Gasteiger partial charge in [0.25, 0.3) is 0 Å². The van der Waals surface area contributed by atoms with E-state index in [0.29, 0.717) is 0 Å². The van der Waals surface area contributed by atoms with Crippen LogP contribution in [0.3, 0.4) is 0 Å². The fourth-order valence-corrected chi connectivity index (χ4v) is 2.46. The molecule has 0 aromatic heterocycles. The lowest BCUT2D eigenvalue weighted by Crippen LogP contribution is -2.41. The fourth-order valence-electron chi connectivity index (χ4n) is 1.17. The third-order valence-corrected chi connectivity index (χ3v) is 5.09. The predicted octanol–water partition coefficient (Wildman–Crippen LogP) is 1.74. The van der Waals surface area contributed by atoms with Crippen molar-refractivity contribution < 1.29 is 27.1 Å². The largest absolute Gasteiger partial charge is 0.480 e. The van der Waals surface area contributed by atoms with Crippen LogP contribution in [0.4, 0.5) is 8.78 Å². The Labute approximate surface area is 103 Å². The van der Waals surface area contributed by atoms with Gasteiger partial charge in [0.2, 0.25) is 0 Å². The van der Waals surface area contributed by atoms with Crippen LogP contribution in [0.15, 0.2) is 18.2 Å². The van der Waals surface area contributed by atoms with Gasteiger partial charge in [0.05, 0.1) is 5.75 Å². The highest BCUT2D eigenvalue weighted by molar-refractivity contribution is 7.92. The molecule has 0 atom stereocenters. The molecule has 18 heavy (non-hydrogen) atoms. The molecule has 0 fully saturated rings. The summed E-state index contributed by atoms with van der Waals surface area (Å²) in [7, 11) is -4.24. The fraction of sp³-hybridized carbons (Fsp3) is 0.364. The molecule has 0 amide bonds. The molecule has 4 nitrogen and oxygen atoms in total. The third kappa shape index (κ3) is 2.50. The zero-order valence-electron chi connectivity index (χ0n) is 9.78. The molecule has 0 aliphatic rings. The van der Waals surface area contributed by atoms with Crippen LogP contribution < -0.4 is 0 Å². The van der Waals surface area contributed by atoms with Gasteiger partial charge >= 0.3 is 5.97 Å². The first-order valence-corrected chi connectivity index (χ1v) is 6.63. The number of hydrogen-bond donors (Lipinski definition) is 1. The van der Waals surface area contributed by atoms with E-state index in [-0.39, 0.29) is 0 Å². The van der Waals surface area contributed by atoms with Gasteiger partial charge < -0.3 is 5.11 Å². The number of carboxylic acid groups (broad SMARTS) is 1. The van der Waals surface area contributed by atoms with Crippen LogP contribution in [0.1, 0.15) is 19.4 Å². The topological polar surface area (TPSA) is 71.4 Å². The first-order chi connectivity index (χ1) is 8.09. The monoisotopic (exact) mass is 278 g/mol. The Kier molecular flexibility index (Phi) is 3.75. The first-order valence-electron chi connectivity index (χ1n) is 4.98. The van der Waals surface area contributed by atoms with Gasteiger partial charge in [0.1, 0.15) is 11.6 Å². The first kappa shape index (κ1) is 14.6. The second-order valence-electron chi connectivity index (χ2n) is 4.27. The summed E-state index contributed by atoms with van der Waals surface area (Å²) in [5.41, 5.74) is -0.646. The zero-order valence-corrected chi connectivity index (χ0v) is 10.6. The Morgan fingerprint density at radius 2 is 1.72 bits per heavy atom. The summed E-state index contributed by atoms with van der Waals surface area (Å²) in [6.45, 7) is 1.95. The molecular weight excluding hydrogens is 266 g/mol. The average Bonchev–Trinajstić information content (AvgIpc) is 2.23. The van der Waals surface area contributed by atoms with Crippen molar-refractivity contribution in [1.29, 1.82) is 0 Å². The molecule has 0 saturated carbocycles. The summed E-state index contributed by atoms with van der Waals surface area (Å²) in [5.74, 6) is -4.59. The number of hydrogen-bond acceptors (Lipinski definition) is 3. The summed E-state index contributed by atoms with van der Waals surface area (Å²) in [6.07, 6.45) is 0. The number of sulfone groups is 1. The zero-order chi connectivity index (χ0) is 14.1. The van der Waals surface area contributed by atoms with Gasteiger partial charge in [-0.15, -0.1) is 0 Å². The predicted molar refractivity (Wildman–Crippen MR) is 60.7 cm³/mol. The van der Waals surface area contributed by atoms with E-state index < -0.39 is 43.5 Å². The number of halogens is 2. The van der Waals surface area contributed by atoms with Crippen LogP contribution in [0.5, 0.6) is 0 Å². The highest BCUT2D eigenvalue weighted by atomic mass is 32.2. The molecule has 1 N–H and O–H groups in total. The quantitative estimate of drug-likeness (QED) is 0.910. The molecule has 100 valence electrons. The maximum atomic E-state index is 13.3. The molecule has 0 aliphatic carbocycles. The minimum absolute atomic E-state index is 0.646. The van der Waals surface area contributed by atoms with Gasteiger partial charge in [-0.05, 0) is 26.0 Å². The summed E-state index contributed by atoms with van der Waals surface area (Å²) in [6, 6.07) is 2.94. The van der Waals surface area contributed by atoms with Crippen molar-refractivity contribution in [2.45, 2.75) is 24.3 Å². The van der Waals surface area contributed by atoms with Crippen molar-refractivity contribution in [3.8, 4) is 0 Å². The van der Waals surface area contributed by atoms with E-state index in [1.165, 1.54) is 0 Å². The second-order valence-corrected chi connectivity index (χ2v) is 6.81. The highest BCUT2D eigenvalue weighted by Gasteiger charge is 2.42. The van der Waals surface area contributed by atoms with Crippen LogP contribution in [-0.4, -0.2) is 24.2 Å². The van der Waals surface area contributed by atoms with Gasteiger partial charge in [0, 0.05) is 5.56 Å². The normalized spacial score (nSPS) is 12.4. The third-order valence-electron chi connectivity index (χ3n) is 2.69. The molecule has 7 heteroatoms. The Morgan fingerprint density at radius 3 is 2.11 bits per heavy atom. The Balaban J connectivity index is 3.23. The molecule has 1 aromatic carbocycles. The van der Waals surface area contributed by atoms with Crippen molar-refractivity contribution in [1.82, 2.24) is 0 Å². The summed E-state index contributed by atoms with van der Waals surface area (Å²) in [5, 5.41) is 8.83. The SMILES string of the molecule is CC(C)(C(=O)O)S(=O)(=O)Cc1c(F)cccc1F. The van der Waals surface area contributed by atoms with Gasteiger partial charge in [-0.3, -0.25) is 4.79 Å². The summed E-state index contributed by atoms with van der Waals surface area (Å²) >= 11 is 0. The molecule has 0 heterocycles. The van der Waals surface area contributed by atoms with Crippen LogP contribution >= 0.6 is 0 Å². The molecule has 0 bridgehead atoms. The van der Waals surface area contributed by atoms with E-state index in [4.69, 9.17) is 5.11 Å². The number of carbonyl (C=O) groups is 1. The smallest absolute Gasteiger partial charge is 0.324 e. The van der Waals surface area contributed by atoms with Gasteiger partial charge in [-0.2, -0.15) is 0 Å². The number of aliphatic carboxylic acids is 1. The van der Waals surface area contributed by atoms with Crippen molar-refractivity contribution >= 4 is 15.8 Å². The van der Waals surface area contributed by atoms with E-state index in [2.05, 4.69) is 0 Å². The lowest BCUT2D eigenvalue weighted by atomic mass is 10.2. The Morgan fingerprint density at radius 1 is 1.28 bits per heavy atom. The van der Waals surface area contributed by atoms with E-state index in [0.717, 1.165) is 32.0 Å². The molecule has 0 aliphatic heterocycles. The number of carboxylic acids is 1. The van der Waals surface area contributed by atoms with E-state index in [9.17, 15) is 22.0 Å². The van der Waals surface area contributed by atoms with Gasteiger partial charge in [-0.1, -0.05) is 6.07 Å². The van der Waals surface area contributed by atoms with Gasteiger partial charge in [-0.25, -0.2) is 17.2 Å². The maximum absolute atomic E-state index is 13.3. The van der Waals surface area contributed by atoms with Crippen LogP contribution in [-0.2, 0) is 20.4 Å². The highest BCUT2D eigenvalue weighted by Crippen LogP contribution is 2.24. The Bertz CT molecular complexity index is 558. The molecular formula is C11H12F2O4S. The lowest BCUT2D eigenvalue weighted by Gasteiger charge is -2.20. The second kappa shape index (κ2) is 4.64. The number of benzene rings is 1. The van der Waals surface area contributed by atoms with E-state index in [1.54, 1.807) is 0 Å². The van der Waals surface area contributed by atoms with E-state index in [1.807, 2.05) is 0 Å². The molecule has 0 unspecified atom stereocenters. The van der Waals surface area contributed by atoms with Crippen molar-refractivity contribution in [3.63, 3.8) is 0 Å². The van der Waals surface area contributed by atoms with Crippen molar-refractivity contribution in [2.75, 3.05) is 0 Å². The lowest BCUT2D eigenvalue weighted by molar-refractivity contribution is -0.139. The van der Waals surface area contributed by atoms with Crippen molar-refractivity contribution in [3.05, 3.63) is 35.4 Å². The summed E-state index contributed by atoms with van der Waals surface area (Å²) < 4.78 is 48.2. The molecule has 0 spiro atoms. The van der Waals surface area contributed by atoms with Crippen LogP contribution in [0, 0.1) is 11.6 Å². The average molecular weight is 278 g/mol. The maximum Gasteiger partial charge on any atom is 0.324 e. The van der Waals surface area contributed by atoms with Gasteiger partial charge in [0.15, 0.2) is 14.6 Å². The molecule has 0 radical (unpaired) electrons. The minimum Gasteiger partial charge on any atom is -0.480 e. The van der Waals surface area contributed by atoms with Crippen molar-refractivity contribution in [2.24, 2.45) is 0 Å². The Hall–Kier alpha value is -1.50. The molecule has 0 saturated heterocycles. The molecule has 1 aromatic rings. The summed E-state index contributed by atoms with van der Waals surface area (Å²) in [4.78, 5) is 10.9. The minimum atomic E-state index is -4.24.